The van der Waals surface area contributed by atoms with Crippen LogP contribution in [0.25, 0.3) is 0 Å². The van der Waals surface area contributed by atoms with E-state index in [1.165, 1.54) is 6.07 Å². The molecule has 0 aromatic heterocycles. The summed E-state index contributed by atoms with van der Waals surface area (Å²) in [5.74, 6) is 0. The van der Waals surface area contributed by atoms with Crippen LogP contribution in [0.5, 0.6) is 0 Å². The highest BCUT2D eigenvalue weighted by atomic mass is 32.2. The number of aryl methyl sites for hydroxylation is 1. The lowest BCUT2D eigenvalue weighted by molar-refractivity contribution is 0.127. The summed E-state index contributed by atoms with van der Waals surface area (Å²) < 4.78 is 27.8. The zero-order chi connectivity index (χ0) is 15.7. The van der Waals surface area contributed by atoms with E-state index in [2.05, 4.69) is 4.72 Å². The highest BCUT2D eigenvalue weighted by Crippen LogP contribution is 2.38. The average Bonchev–Trinajstić information content (AvgIpc) is 2.80. The third-order valence-electron chi connectivity index (χ3n) is 4.38. The summed E-state index contributed by atoms with van der Waals surface area (Å²) in [4.78, 5) is 0.0113. The first-order valence-corrected chi connectivity index (χ1v) is 8.45. The molecule has 0 radical (unpaired) electrons. The van der Waals surface area contributed by atoms with Crippen molar-refractivity contribution < 1.29 is 13.5 Å². The Morgan fingerprint density at radius 1 is 1.52 bits per heavy atom. The van der Waals surface area contributed by atoms with E-state index in [4.69, 9.17) is 0 Å². The Bertz CT molecular complexity index is 679. The van der Waals surface area contributed by atoms with Crippen LogP contribution in [0, 0.1) is 23.7 Å². The number of hydrogen-bond donors (Lipinski definition) is 2. The van der Waals surface area contributed by atoms with Crippen molar-refractivity contribution in [3.05, 3.63) is 29.3 Å². The van der Waals surface area contributed by atoms with Crippen LogP contribution in [-0.2, 0) is 10.0 Å². The molecule has 1 aromatic rings. The van der Waals surface area contributed by atoms with Gasteiger partial charge in [0.25, 0.3) is 0 Å². The number of nitrogens with one attached hydrogen (secondary N) is 1. The van der Waals surface area contributed by atoms with Crippen molar-refractivity contribution in [3.8, 4) is 6.07 Å². The molecule has 0 aliphatic heterocycles. The first-order chi connectivity index (χ1) is 9.84. The van der Waals surface area contributed by atoms with E-state index in [0.717, 1.165) is 12.8 Å². The number of aliphatic hydroxyl groups excluding tert-OH is 1. The zero-order valence-corrected chi connectivity index (χ0v) is 13.1. The molecule has 114 valence electrons. The van der Waals surface area contributed by atoms with Gasteiger partial charge in [0.05, 0.1) is 5.56 Å². The molecule has 1 fully saturated rings. The summed E-state index contributed by atoms with van der Waals surface area (Å²) >= 11 is 0. The number of nitriles is 1. The standard InChI is InChI=1S/C15H20N2O3S/c1-11-5-3-6-13(12(11)9-16)21(19,20)17-14-7-4-8-15(14,2)10-18/h3,5-6,14,17-18H,4,7-8,10H2,1-2H3/t14-,15+/m1/s1. The third kappa shape index (κ3) is 2.95. The van der Waals surface area contributed by atoms with Crippen LogP contribution >= 0.6 is 0 Å². The largest absolute Gasteiger partial charge is 0.396 e. The minimum absolute atomic E-state index is 0.0113. The molecule has 1 aliphatic rings. The molecule has 0 heterocycles. The number of benzene rings is 1. The van der Waals surface area contributed by atoms with Gasteiger partial charge in [-0.25, -0.2) is 13.1 Å². The second-order valence-corrected chi connectivity index (χ2v) is 7.62. The molecule has 1 aliphatic carbocycles. The molecule has 2 N–H and O–H groups in total. The summed E-state index contributed by atoms with van der Waals surface area (Å²) in [6, 6.07) is 6.44. The Balaban J connectivity index is 2.37. The summed E-state index contributed by atoms with van der Waals surface area (Å²) in [6.45, 7) is 3.54. The van der Waals surface area contributed by atoms with Crippen LogP contribution in [0.15, 0.2) is 23.1 Å². The van der Waals surface area contributed by atoms with Gasteiger partial charge in [0.2, 0.25) is 10.0 Å². The fraction of sp³-hybridized carbons (Fsp3) is 0.533. The Kier molecular flexibility index (Phi) is 4.38. The monoisotopic (exact) mass is 308 g/mol. The van der Waals surface area contributed by atoms with Crippen LogP contribution in [0.4, 0.5) is 0 Å². The first kappa shape index (κ1) is 16.0. The van der Waals surface area contributed by atoms with Crippen LogP contribution in [0.1, 0.15) is 37.3 Å². The fourth-order valence-corrected chi connectivity index (χ4v) is 4.52. The molecule has 1 aromatic carbocycles. The number of sulfonamides is 1. The van der Waals surface area contributed by atoms with Crippen molar-refractivity contribution in [1.29, 1.82) is 5.26 Å². The van der Waals surface area contributed by atoms with E-state index in [1.54, 1.807) is 19.1 Å². The van der Waals surface area contributed by atoms with E-state index in [-0.39, 0.29) is 23.1 Å². The van der Waals surface area contributed by atoms with Crippen LogP contribution < -0.4 is 4.72 Å². The molecular weight excluding hydrogens is 288 g/mol. The second-order valence-electron chi connectivity index (χ2n) is 5.94. The molecule has 0 unspecified atom stereocenters. The van der Waals surface area contributed by atoms with Gasteiger partial charge in [-0.15, -0.1) is 0 Å². The minimum atomic E-state index is -3.77. The molecule has 0 spiro atoms. The minimum Gasteiger partial charge on any atom is -0.396 e. The van der Waals surface area contributed by atoms with Gasteiger partial charge in [0, 0.05) is 18.1 Å². The van der Waals surface area contributed by atoms with E-state index in [9.17, 15) is 18.8 Å². The maximum absolute atomic E-state index is 12.6. The lowest BCUT2D eigenvalue weighted by Gasteiger charge is -2.30. The van der Waals surface area contributed by atoms with Gasteiger partial charge in [0.15, 0.2) is 0 Å². The van der Waals surface area contributed by atoms with Crippen molar-refractivity contribution in [2.45, 2.75) is 44.0 Å². The van der Waals surface area contributed by atoms with Crippen LogP contribution in [0.3, 0.4) is 0 Å². The predicted octanol–water partition coefficient (Wildman–Crippen LogP) is 1.70. The molecule has 0 saturated heterocycles. The highest BCUT2D eigenvalue weighted by molar-refractivity contribution is 7.89. The number of nitrogens with zero attached hydrogens (tertiary/aromatic N) is 1. The lowest BCUT2D eigenvalue weighted by Crippen LogP contribution is -2.44. The number of rotatable bonds is 4. The Labute approximate surface area is 125 Å². The average molecular weight is 308 g/mol. The molecular formula is C15H20N2O3S. The quantitative estimate of drug-likeness (QED) is 0.885. The maximum Gasteiger partial charge on any atom is 0.242 e. The smallest absolute Gasteiger partial charge is 0.242 e. The predicted molar refractivity (Wildman–Crippen MR) is 79.0 cm³/mol. The van der Waals surface area contributed by atoms with Gasteiger partial charge >= 0.3 is 0 Å². The number of aliphatic hydroxyl groups is 1. The van der Waals surface area contributed by atoms with Gasteiger partial charge in [0.1, 0.15) is 11.0 Å². The Morgan fingerprint density at radius 2 is 2.24 bits per heavy atom. The lowest BCUT2D eigenvalue weighted by atomic mass is 9.86. The summed E-state index contributed by atoms with van der Waals surface area (Å²) in [5.41, 5.74) is 0.370. The normalized spacial score (nSPS) is 25.7. The first-order valence-electron chi connectivity index (χ1n) is 6.97. The topological polar surface area (TPSA) is 90.2 Å². The Hall–Kier alpha value is -1.42. The van der Waals surface area contributed by atoms with Crippen molar-refractivity contribution >= 4 is 10.0 Å². The number of hydrogen-bond acceptors (Lipinski definition) is 4. The molecule has 6 heteroatoms. The van der Waals surface area contributed by atoms with Gasteiger partial charge in [-0.3, -0.25) is 0 Å². The van der Waals surface area contributed by atoms with Crippen molar-refractivity contribution in [3.63, 3.8) is 0 Å². The highest BCUT2D eigenvalue weighted by Gasteiger charge is 2.40. The van der Waals surface area contributed by atoms with E-state index < -0.39 is 15.4 Å². The molecule has 5 nitrogen and oxygen atoms in total. The second kappa shape index (κ2) is 5.76. The third-order valence-corrected chi connectivity index (χ3v) is 5.89. The molecule has 21 heavy (non-hydrogen) atoms. The van der Waals surface area contributed by atoms with Gasteiger partial charge in [-0.1, -0.05) is 25.5 Å². The van der Waals surface area contributed by atoms with Gasteiger partial charge in [-0.2, -0.15) is 5.26 Å². The zero-order valence-electron chi connectivity index (χ0n) is 12.3. The van der Waals surface area contributed by atoms with E-state index >= 15 is 0 Å². The van der Waals surface area contributed by atoms with E-state index in [1.807, 2.05) is 13.0 Å². The molecule has 2 atom stereocenters. The molecule has 1 saturated carbocycles. The molecule has 0 bridgehead atoms. The van der Waals surface area contributed by atoms with Crippen molar-refractivity contribution in [2.75, 3.05) is 6.61 Å². The van der Waals surface area contributed by atoms with Crippen molar-refractivity contribution in [2.24, 2.45) is 5.41 Å². The van der Waals surface area contributed by atoms with Crippen LogP contribution in [0.2, 0.25) is 0 Å². The maximum atomic E-state index is 12.6. The summed E-state index contributed by atoms with van der Waals surface area (Å²) in [6.07, 6.45) is 2.36. The fourth-order valence-electron chi connectivity index (χ4n) is 2.88. The SMILES string of the molecule is Cc1cccc(S(=O)(=O)N[C@@H]2CCC[C@@]2(C)CO)c1C#N. The van der Waals surface area contributed by atoms with Gasteiger partial charge in [-0.05, 0) is 31.4 Å². The molecule has 0 amide bonds. The summed E-state index contributed by atoms with van der Waals surface area (Å²) in [5, 5.41) is 18.7. The van der Waals surface area contributed by atoms with Crippen molar-refractivity contribution in [1.82, 2.24) is 4.72 Å². The van der Waals surface area contributed by atoms with E-state index in [0.29, 0.717) is 12.0 Å². The summed E-state index contributed by atoms with van der Waals surface area (Å²) in [7, 11) is -3.77. The molecule has 2 rings (SSSR count). The van der Waals surface area contributed by atoms with Gasteiger partial charge < -0.3 is 5.11 Å². The Morgan fingerprint density at radius 3 is 2.86 bits per heavy atom. The van der Waals surface area contributed by atoms with Crippen LogP contribution in [-0.4, -0.2) is 26.2 Å².